The number of rotatable bonds is 8. The third-order valence-electron chi connectivity index (χ3n) is 10.6. The minimum absolute atomic E-state index is 0.179. The number of H-pyrrole nitrogens is 2. The zero-order chi connectivity index (χ0) is 36.8. The molecule has 3 aromatic rings. The third kappa shape index (κ3) is 5.82. The lowest BCUT2D eigenvalue weighted by molar-refractivity contribution is -0.149. The zero-order valence-corrected chi connectivity index (χ0v) is 30.5. The number of hydrogen-bond acceptors (Lipinski definition) is 8. The van der Waals surface area contributed by atoms with Crippen molar-refractivity contribution in [3.05, 3.63) is 93.6 Å². The van der Waals surface area contributed by atoms with Gasteiger partial charge in [-0.2, -0.15) is 0 Å². The minimum atomic E-state index is -1.11. The number of hydrogen-bond donors (Lipinski definition) is 2. The second-order valence-corrected chi connectivity index (χ2v) is 13.4. The highest BCUT2D eigenvalue weighted by molar-refractivity contribution is 6.02. The molecule has 0 saturated carbocycles. The highest BCUT2D eigenvalue weighted by atomic mass is 16.5. The maximum Gasteiger partial charge on any atom is 0.334 e. The molecule has 2 N–H and O–H groups in total. The Morgan fingerprint density at radius 2 is 1.53 bits per heavy atom. The first-order chi connectivity index (χ1) is 24.4. The van der Waals surface area contributed by atoms with Crippen molar-refractivity contribution in [2.24, 2.45) is 5.92 Å². The summed E-state index contributed by atoms with van der Waals surface area (Å²) in [5.74, 6) is -2.55. The van der Waals surface area contributed by atoms with Gasteiger partial charge in [-0.15, -0.1) is 0 Å². The standard InChI is InChI=1S/C41H44N4O6/c1-10-12-25-22(4)29-17-32-24(11-2)21(3)30(42-32)18-35-28-15-13-27(39(47)50-8)38(40(48)51-9)41(28,6)36(45-35)20-31-23(5)26(14-16-37(46)49-7)34(44-31)19-33(25)43-29/h11,13,15,17-20,38,42,44H,2,10,12,14,16H2,1,3-9H3. The Hall–Kier alpha value is -5.51. The average Bonchev–Trinajstić information content (AvgIpc) is 3.77. The van der Waals surface area contributed by atoms with Crippen LogP contribution in [-0.2, 0) is 40.4 Å². The maximum absolute atomic E-state index is 13.7. The maximum atomic E-state index is 13.7. The second kappa shape index (κ2) is 13.7. The smallest absolute Gasteiger partial charge is 0.334 e. The monoisotopic (exact) mass is 688 g/mol. The van der Waals surface area contributed by atoms with E-state index in [1.54, 1.807) is 6.08 Å². The molecule has 2 atom stereocenters. The van der Waals surface area contributed by atoms with Crippen molar-refractivity contribution in [2.45, 2.75) is 65.7 Å². The van der Waals surface area contributed by atoms with Crippen LogP contribution >= 0.6 is 0 Å². The molecule has 0 saturated heterocycles. The first-order valence-electron chi connectivity index (χ1n) is 17.1. The summed E-state index contributed by atoms with van der Waals surface area (Å²) in [6.45, 7) is 14.3. The Morgan fingerprint density at radius 1 is 0.843 bits per heavy atom. The summed E-state index contributed by atoms with van der Waals surface area (Å²) in [5, 5.41) is 0. The molecule has 0 amide bonds. The average molecular weight is 689 g/mol. The second-order valence-electron chi connectivity index (χ2n) is 13.4. The first kappa shape index (κ1) is 35.3. The van der Waals surface area contributed by atoms with Gasteiger partial charge in [-0.1, -0.05) is 38.2 Å². The van der Waals surface area contributed by atoms with Gasteiger partial charge in [0.05, 0.1) is 55.1 Å². The van der Waals surface area contributed by atoms with Crippen molar-refractivity contribution >= 4 is 62.8 Å². The van der Waals surface area contributed by atoms with Crippen LogP contribution in [0.15, 0.2) is 48.6 Å². The van der Waals surface area contributed by atoms with Crippen LogP contribution < -0.4 is 0 Å². The minimum Gasteiger partial charge on any atom is -0.469 e. The number of carbonyl (C=O) groups excluding carboxylic acids is 3. The summed E-state index contributed by atoms with van der Waals surface area (Å²) in [4.78, 5) is 56.7. The van der Waals surface area contributed by atoms with Crippen LogP contribution in [0.2, 0.25) is 0 Å². The van der Waals surface area contributed by atoms with E-state index in [2.05, 4.69) is 42.5 Å². The van der Waals surface area contributed by atoms with Crippen LogP contribution in [0.4, 0.5) is 0 Å². The van der Waals surface area contributed by atoms with Crippen LogP contribution in [0.3, 0.4) is 0 Å². The Kier molecular flexibility index (Phi) is 9.46. The van der Waals surface area contributed by atoms with Crippen molar-refractivity contribution in [3.8, 4) is 0 Å². The van der Waals surface area contributed by atoms with E-state index in [-0.39, 0.29) is 18.0 Å². The molecule has 3 aliphatic rings. The van der Waals surface area contributed by atoms with Gasteiger partial charge in [-0.25, -0.2) is 9.78 Å². The molecule has 0 radical (unpaired) electrons. The van der Waals surface area contributed by atoms with Crippen molar-refractivity contribution in [2.75, 3.05) is 21.3 Å². The largest absolute Gasteiger partial charge is 0.469 e. The Labute approximate surface area is 297 Å². The molecule has 51 heavy (non-hydrogen) atoms. The van der Waals surface area contributed by atoms with Crippen LogP contribution in [0.1, 0.15) is 85.1 Å². The van der Waals surface area contributed by atoms with Gasteiger partial charge in [0.25, 0.3) is 0 Å². The molecule has 0 spiro atoms. The summed E-state index contributed by atoms with van der Waals surface area (Å²) < 4.78 is 15.5. The van der Waals surface area contributed by atoms with Crippen LogP contribution in [0, 0.1) is 19.8 Å². The Morgan fingerprint density at radius 3 is 2.20 bits per heavy atom. The molecule has 3 aromatic heterocycles. The zero-order valence-electron chi connectivity index (χ0n) is 30.5. The summed E-state index contributed by atoms with van der Waals surface area (Å²) in [6.07, 6.45) is 7.72. The number of aromatic nitrogens is 4. The highest BCUT2D eigenvalue weighted by Crippen LogP contribution is 2.52. The number of nitrogens with one attached hydrogen (secondary N) is 2. The van der Waals surface area contributed by atoms with Crippen molar-refractivity contribution in [3.63, 3.8) is 0 Å². The molecule has 2 aliphatic heterocycles. The van der Waals surface area contributed by atoms with E-state index in [1.807, 2.05) is 45.1 Å². The van der Waals surface area contributed by atoms with E-state index in [9.17, 15) is 14.4 Å². The molecule has 6 rings (SSSR count). The number of aryl methyl sites for hydroxylation is 3. The molecular weight excluding hydrogens is 644 g/mol. The van der Waals surface area contributed by atoms with Gasteiger partial charge >= 0.3 is 17.9 Å². The molecule has 0 aromatic carbocycles. The molecule has 5 heterocycles. The molecule has 10 heteroatoms. The van der Waals surface area contributed by atoms with E-state index < -0.39 is 23.3 Å². The van der Waals surface area contributed by atoms with Gasteiger partial charge in [0.2, 0.25) is 0 Å². The number of esters is 3. The van der Waals surface area contributed by atoms with Gasteiger partial charge in [-0.05, 0) is 98.2 Å². The van der Waals surface area contributed by atoms with E-state index >= 15 is 0 Å². The van der Waals surface area contributed by atoms with Gasteiger partial charge < -0.3 is 24.2 Å². The summed E-state index contributed by atoms with van der Waals surface area (Å²) >= 11 is 0. The molecular formula is C41H44N4O6. The summed E-state index contributed by atoms with van der Waals surface area (Å²) in [7, 11) is 3.99. The van der Waals surface area contributed by atoms with Crippen molar-refractivity contribution in [1.29, 1.82) is 0 Å². The lowest BCUT2D eigenvalue weighted by atomic mass is 9.64. The van der Waals surface area contributed by atoms with Gasteiger partial charge in [0.1, 0.15) is 5.92 Å². The van der Waals surface area contributed by atoms with Gasteiger partial charge in [0.15, 0.2) is 0 Å². The number of aromatic amines is 2. The van der Waals surface area contributed by atoms with Crippen LogP contribution in [-0.4, -0.2) is 59.2 Å². The fourth-order valence-corrected chi connectivity index (χ4v) is 7.70. The fraction of sp³-hybridized carbons (Fsp3) is 0.341. The number of methoxy groups -OCH3 is 3. The van der Waals surface area contributed by atoms with Crippen LogP contribution in [0.25, 0.3) is 44.9 Å². The number of fused-ring (bicyclic) bond motifs is 11. The number of nitrogens with zero attached hydrogens (tertiary/aromatic N) is 2. The molecule has 10 nitrogen and oxygen atoms in total. The first-order valence-corrected chi connectivity index (χ1v) is 17.1. The summed E-state index contributed by atoms with van der Waals surface area (Å²) in [6, 6.07) is 8.03. The summed E-state index contributed by atoms with van der Waals surface area (Å²) in [5.41, 5.74) is 12.1. The molecule has 8 bridgehead atoms. The fourth-order valence-electron chi connectivity index (χ4n) is 7.70. The SMILES string of the molecule is C=Cc1c(C)c2cc3nc(cc4[nH]c(cc5nc(cc1[nH]2)C(C)=C5CCC)c(CCC(=O)OC)c4C)C1(C)C3=CC=C(C(=O)OC)C1C(=O)OC. The van der Waals surface area contributed by atoms with E-state index in [1.165, 1.54) is 21.3 Å². The Bertz CT molecular complexity index is 2270. The van der Waals surface area contributed by atoms with Crippen molar-refractivity contribution in [1.82, 2.24) is 19.9 Å². The van der Waals surface area contributed by atoms with E-state index in [0.717, 1.165) is 85.3 Å². The molecule has 2 unspecified atom stereocenters. The van der Waals surface area contributed by atoms with Gasteiger partial charge in [0, 0.05) is 34.1 Å². The molecule has 264 valence electrons. The number of ether oxygens (including phenoxy) is 3. The predicted molar refractivity (Wildman–Crippen MR) is 199 cm³/mol. The van der Waals surface area contributed by atoms with Gasteiger partial charge in [-0.3, -0.25) is 14.6 Å². The molecule has 1 aliphatic carbocycles. The topological polar surface area (TPSA) is 136 Å². The molecule has 0 fully saturated rings. The van der Waals surface area contributed by atoms with E-state index in [0.29, 0.717) is 17.8 Å². The number of allylic oxidation sites excluding steroid dienone is 5. The van der Waals surface area contributed by atoms with Crippen molar-refractivity contribution < 1.29 is 28.6 Å². The van der Waals surface area contributed by atoms with E-state index in [4.69, 9.17) is 24.2 Å². The lowest BCUT2D eigenvalue weighted by Crippen LogP contribution is -2.42. The van der Waals surface area contributed by atoms with Crippen LogP contribution in [0.5, 0.6) is 0 Å². The Balaban J connectivity index is 1.79. The number of carbonyl (C=O) groups is 3. The quantitative estimate of drug-likeness (QED) is 0.182. The normalized spacial score (nSPS) is 18.1. The predicted octanol–water partition coefficient (Wildman–Crippen LogP) is 7.65. The third-order valence-corrected chi connectivity index (χ3v) is 10.6. The highest BCUT2D eigenvalue weighted by Gasteiger charge is 2.53. The lowest BCUT2D eigenvalue weighted by Gasteiger charge is -2.36.